The first-order chi connectivity index (χ1) is 15.6. The standard InChI is InChI=1S/C25H28N2O5/c1-3-30-12-13-31-17-20-7-4-6-19(14-20)16-26-24(28)21-10-9-18(2)22(15-21)27-25(29)23-8-5-11-32-23/h4-11,14-15H,3,12-13,16-17H2,1-2H3,(H,26,28)(H,27,29). The summed E-state index contributed by atoms with van der Waals surface area (Å²) in [5.74, 6) is -0.381. The molecule has 3 rings (SSSR count). The second-order valence-electron chi connectivity index (χ2n) is 7.21. The molecule has 0 unspecified atom stereocenters. The van der Waals surface area contributed by atoms with Crippen molar-refractivity contribution in [1.82, 2.24) is 5.32 Å². The minimum Gasteiger partial charge on any atom is -0.459 e. The van der Waals surface area contributed by atoms with Crippen molar-refractivity contribution in [2.75, 3.05) is 25.1 Å². The van der Waals surface area contributed by atoms with Crippen LogP contribution in [-0.2, 0) is 22.6 Å². The van der Waals surface area contributed by atoms with Crippen LogP contribution in [0.3, 0.4) is 0 Å². The number of furan rings is 1. The first-order valence-electron chi connectivity index (χ1n) is 10.5. The molecule has 1 aromatic heterocycles. The van der Waals surface area contributed by atoms with Gasteiger partial charge in [-0.25, -0.2) is 0 Å². The van der Waals surface area contributed by atoms with E-state index in [1.54, 1.807) is 30.3 Å². The third kappa shape index (κ3) is 6.80. The van der Waals surface area contributed by atoms with E-state index in [2.05, 4.69) is 10.6 Å². The van der Waals surface area contributed by atoms with Gasteiger partial charge in [0.05, 0.1) is 26.1 Å². The molecule has 2 N–H and O–H groups in total. The first-order valence-corrected chi connectivity index (χ1v) is 10.5. The molecule has 1 heterocycles. The maximum Gasteiger partial charge on any atom is 0.291 e. The molecule has 7 heteroatoms. The minimum absolute atomic E-state index is 0.209. The average molecular weight is 437 g/mol. The lowest BCUT2D eigenvalue weighted by Gasteiger charge is -2.11. The normalized spacial score (nSPS) is 10.7. The van der Waals surface area contributed by atoms with Crippen LogP contribution < -0.4 is 10.6 Å². The fourth-order valence-electron chi connectivity index (χ4n) is 3.06. The molecule has 2 amide bonds. The summed E-state index contributed by atoms with van der Waals surface area (Å²) in [6.45, 7) is 6.48. The van der Waals surface area contributed by atoms with E-state index in [1.165, 1.54) is 6.26 Å². The molecule has 0 bridgehead atoms. The molecule has 0 saturated heterocycles. The van der Waals surface area contributed by atoms with Crippen molar-refractivity contribution in [3.05, 3.63) is 88.9 Å². The van der Waals surface area contributed by atoms with Crippen molar-refractivity contribution in [2.45, 2.75) is 27.0 Å². The highest BCUT2D eigenvalue weighted by molar-refractivity contribution is 6.03. The first kappa shape index (κ1) is 23.2. The Hall–Kier alpha value is -3.42. The number of aryl methyl sites for hydroxylation is 1. The molecule has 3 aromatic rings. The fraction of sp³-hybridized carbons (Fsp3) is 0.280. The topological polar surface area (TPSA) is 89.8 Å². The number of ether oxygens (including phenoxy) is 2. The second-order valence-corrected chi connectivity index (χ2v) is 7.21. The predicted molar refractivity (Wildman–Crippen MR) is 122 cm³/mol. The Morgan fingerprint density at radius 3 is 2.53 bits per heavy atom. The molecule has 0 saturated carbocycles. The van der Waals surface area contributed by atoms with Crippen molar-refractivity contribution in [1.29, 1.82) is 0 Å². The highest BCUT2D eigenvalue weighted by Crippen LogP contribution is 2.18. The number of hydrogen-bond donors (Lipinski definition) is 2. The van der Waals surface area contributed by atoms with Crippen LogP contribution in [0, 0.1) is 6.92 Å². The smallest absolute Gasteiger partial charge is 0.291 e. The Bertz CT molecular complexity index is 1030. The van der Waals surface area contributed by atoms with Gasteiger partial charge in [0.15, 0.2) is 5.76 Å². The van der Waals surface area contributed by atoms with E-state index in [-0.39, 0.29) is 17.6 Å². The molecule has 32 heavy (non-hydrogen) atoms. The van der Waals surface area contributed by atoms with Crippen molar-refractivity contribution in [2.24, 2.45) is 0 Å². The van der Waals surface area contributed by atoms with Crippen molar-refractivity contribution in [3.8, 4) is 0 Å². The number of amides is 2. The van der Waals surface area contributed by atoms with Crippen LogP contribution in [0.4, 0.5) is 5.69 Å². The highest BCUT2D eigenvalue weighted by Gasteiger charge is 2.13. The van der Waals surface area contributed by atoms with Gasteiger partial charge in [-0.3, -0.25) is 9.59 Å². The maximum absolute atomic E-state index is 12.7. The molecular formula is C25H28N2O5. The lowest BCUT2D eigenvalue weighted by molar-refractivity contribution is 0.0453. The second kappa shape index (κ2) is 11.8. The zero-order chi connectivity index (χ0) is 22.8. The largest absolute Gasteiger partial charge is 0.459 e. The van der Waals surface area contributed by atoms with Gasteiger partial charge >= 0.3 is 0 Å². The van der Waals surface area contributed by atoms with E-state index in [1.807, 2.05) is 38.1 Å². The van der Waals surface area contributed by atoms with Gasteiger partial charge in [0.1, 0.15) is 0 Å². The summed E-state index contributed by atoms with van der Waals surface area (Å²) >= 11 is 0. The van der Waals surface area contributed by atoms with Crippen molar-refractivity contribution < 1.29 is 23.5 Å². The molecule has 0 radical (unpaired) electrons. The lowest BCUT2D eigenvalue weighted by atomic mass is 10.1. The number of carbonyl (C=O) groups excluding carboxylic acids is 2. The van der Waals surface area contributed by atoms with Crippen molar-refractivity contribution in [3.63, 3.8) is 0 Å². The van der Waals surface area contributed by atoms with Gasteiger partial charge in [-0.15, -0.1) is 0 Å². The van der Waals surface area contributed by atoms with Crippen LogP contribution in [0.25, 0.3) is 0 Å². The molecule has 0 aliphatic rings. The monoisotopic (exact) mass is 436 g/mol. The number of rotatable bonds is 11. The maximum atomic E-state index is 12.7. The van der Waals surface area contributed by atoms with Gasteiger partial charge < -0.3 is 24.5 Å². The van der Waals surface area contributed by atoms with E-state index in [0.29, 0.717) is 44.2 Å². The van der Waals surface area contributed by atoms with Crippen LogP contribution in [0.5, 0.6) is 0 Å². The SMILES string of the molecule is CCOCCOCc1cccc(CNC(=O)c2ccc(C)c(NC(=O)c3ccco3)c2)c1. The Labute approximate surface area is 187 Å². The Balaban J connectivity index is 1.56. The van der Waals surface area contributed by atoms with Crippen molar-refractivity contribution >= 4 is 17.5 Å². The summed E-state index contributed by atoms with van der Waals surface area (Å²) < 4.78 is 16.0. The van der Waals surface area contributed by atoms with Gasteiger partial charge in [0.25, 0.3) is 11.8 Å². The zero-order valence-electron chi connectivity index (χ0n) is 18.4. The van der Waals surface area contributed by atoms with Gasteiger partial charge in [0.2, 0.25) is 0 Å². The third-order valence-corrected chi connectivity index (χ3v) is 4.78. The van der Waals surface area contributed by atoms with E-state index >= 15 is 0 Å². The summed E-state index contributed by atoms with van der Waals surface area (Å²) in [5.41, 5.74) is 3.87. The third-order valence-electron chi connectivity index (χ3n) is 4.78. The van der Waals surface area contributed by atoms with E-state index in [9.17, 15) is 9.59 Å². The van der Waals surface area contributed by atoms with E-state index < -0.39 is 0 Å². The number of benzene rings is 2. The number of hydrogen-bond acceptors (Lipinski definition) is 5. The quantitative estimate of drug-likeness (QED) is 0.437. The van der Waals surface area contributed by atoms with E-state index in [0.717, 1.165) is 16.7 Å². The fourth-order valence-corrected chi connectivity index (χ4v) is 3.06. The van der Waals surface area contributed by atoms with Crippen LogP contribution in [0.1, 0.15) is 44.5 Å². The predicted octanol–water partition coefficient (Wildman–Crippen LogP) is 4.32. The average Bonchev–Trinajstić information content (AvgIpc) is 3.34. The number of nitrogens with one attached hydrogen (secondary N) is 2. The van der Waals surface area contributed by atoms with Gasteiger partial charge in [-0.05, 0) is 54.8 Å². The number of carbonyl (C=O) groups is 2. The lowest BCUT2D eigenvalue weighted by Crippen LogP contribution is -2.23. The van der Waals surface area contributed by atoms with Crippen LogP contribution in [0.15, 0.2) is 65.3 Å². The Kier molecular flexibility index (Phi) is 8.60. The summed E-state index contributed by atoms with van der Waals surface area (Å²) in [6.07, 6.45) is 1.44. The molecule has 2 aromatic carbocycles. The molecule has 168 valence electrons. The van der Waals surface area contributed by atoms with Gasteiger partial charge in [-0.2, -0.15) is 0 Å². The Morgan fingerprint density at radius 1 is 0.938 bits per heavy atom. The van der Waals surface area contributed by atoms with E-state index in [4.69, 9.17) is 13.9 Å². The van der Waals surface area contributed by atoms with Crippen LogP contribution >= 0.6 is 0 Å². The molecule has 0 atom stereocenters. The molecule has 7 nitrogen and oxygen atoms in total. The summed E-state index contributed by atoms with van der Waals surface area (Å²) in [4.78, 5) is 24.9. The molecule has 0 fully saturated rings. The summed E-state index contributed by atoms with van der Waals surface area (Å²) in [7, 11) is 0. The summed E-state index contributed by atoms with van der Waals surface area (Å²) in [6, 6.07) is 16.3. The van der Waals surface area contributed by atoms with Crippen LogP contribution in [-0.4, -0.2) is 31.6 Å². The number of anilines is 1. The summed E-state index contributed by atoms with van der Waals surface area (Å²) in [5, 5.41) is 5.71. The Morgan fingerprint density at radius 2 is 1.75 bits per heavy atom. The van der Waals surface area contributed by atoms with Crippen LogP contribution in [0.2, 0.25) is 0 Å². The molecule has 0 aliphatic carbocycles. The zero-order valence-corrected chi connectivity index (χ0v) is 18.4. The highest BCUT2D eigenvalue weighted by atomic mass is 16.5. The van der Waals surface area contributed by atoms with Gasteiger partial charge in [-0.1, -0.05) is 30.3 Å². The molecule has 0 spiro atoms. The van der Waals surface area contributed by atoms with Gasteiger partial charge in [0, 0.05) is 24.4 Å². The molecular weight excluding hydrogens is 408 g/mol. The minimum atomic E-state index is -0.365. The molecule has 0 aliphatic heterocycles.